The van der Waals surface area contributed by atoms with E-state index in [1.165, 1.54) is 0 Å². The van der Waals surface area contributed by atoms with Crippen LogP contribution in [-0.2, 0) is 21.2 Å². The molecule has 27 heavy (non-hydrogen) atoms. The van der Waals surface area contributed by atoms with Gasteiger partial charge in [-0.25, -0.2) is 8.42 Å². The van der Waals surface area contributed by atoms with Gasteiger partial charge >= 0.3 is 0 Å². The molecule has 3 rings (SSSR count). The quantitative estimate of drug-likeness (QED) is 0.719. The van der Waals surface area contributed by atoms with E-state index in [1.807, 2.05) is 23.1 Å². The third kappa shape index (κ3) is 5.13. The molecule has 1 aromatic rings. The van der Waals surface area contributed by atoms with E-state index >= 15 is 0 Å². The van der Waals surface area contributed by atoms with Crippen molar-refractivity contribution < 1.29 is 22.7 Å². The molecule has 0 saturated carbocycles. The lowest BCUT2D eigenvalue weighted by atomic mass is 10.0. The Kier molecular flexibility index (Phi) is 6.26. The Hall–Kier alpha value is -1.80. The van der Waals surface area contributed by atoms with Gasteiger partial charge in [-0.05, 0) is 30.0 Å². The molecule has 8 heteroatoms. The van der Waals surface area contributed by atoms with Crippen molar-refractivity contribution in [1.82, 2.24) is 9.80 Å². The molecule has 2 fully saturated rings. The van der Waals surface area contributed by atoms with Gasteiger partial charge in [0.1, 0.15) is 0 Å². The summed E-state index contributed by atoms with van der Waals surface area (Å²) in [4.78, 5) is 16.6. The highest BCUT2D eigenvalue weighted by atomic mass is 32.2. The molecule has 1 atom stereocenters. The largest absolute Gasteiger partial charge is 0.493 e. The number of hydrogen-bond acceptors (Lipinski definition) is 6. The van der Waals surface area contributed by atoms with E-state index in [-0.39, 0.29) is 23.3 Å². The number of amides is 1. The first-order chi connectivity index (χ1) is 12.9. The second-order valence-corrected chi connectivity index (χ2v) is 9.55. The van der Waals surface area contributed by atoms with E-state index in [0.717, 1.165) is 30.9 Å². The van der Waals surface area contributed by atoms with Gasteiger partial charge in [-0.1, -0.05) is 6.07 Å². The lowest BCUT2D eigenvalue weighted by Gasteiger charge is -2.35. The highest BCUT2D eigenvalue weighted by molar-refractivity contribution is 7.91. The van der Waals surface area contributed by atoms with E-state index < -0.39 is 9.84 Å². The Morgan fingerprint density at radius 2 is 1.81 bits per heavy atom. The molecule has 0 spiro atoms. The van der Waals surface area contributed by atoms with Crippen LogP contribution < -0.4 is 9.47 Å². The molecule has 0 aromatic heterocycles. The summed E-state index contributed by atoms with van der Waals surface area (Å²) >= 11 is 0. The minimum atomic E-state index is -2.92. The first-order valence-corrected chi connectivity index (χ1v) is 11.1. The zero-order chi connectivity index (χ0) is 19.4. The van der Waals surface area contributed by atoms with Gasteiger partial charge in [0.25, 0.3) is 0 Å². The van der Waals surface area contributed by atoms with Crippen molar-refractivity contribution in [3.63, 3.8) is 0 Å². The molecule has 0 N–H and O–H groups in total. The van der Waals surface area contributed by atoms with E-state index in [9.17, 15) is 13.2 Å². The molecule has 2 aliphatic heterocycles. The smallest absolute Gasteiger partial charge is 0.222 e. The Bertz CT molecular complexity index is 772. The SMILES string of the molecule is COc1ccc(CN2CCN(C(=O)C[C@@H]3CCS(=O)(=O)C3)CC2)cc1OC. The van der Waals surface area contributed by atoms with Gasteiger partial charge in [0.05, 0.1) is 25.7 Å². The number of sulfone groups is 1. The molecule has 0 aliphatic carbocycles. The summed E-state index contributed by atoms with van der Waals surface area (Å²) in [5, 5.41) is 0. The number of methoxy groups -OCH3 is 2. The normalized spacial score (nSPS) is 22.6. The maximum absolute atomic E-state index is 12.5. The van der Waals surface area contributed by atoms with Crippen LogP contribution in [0.3, 0.4) is 0 Å². The first kappa shape index (κ1) is 19.9. The van der Waals surface area contributed by atoms with Gasteiger partial charge in [0, 0.05) is 39.1 Å². The minimum absolute atomic E-state index is 0.00714. The summed E-state index contributed by atoms with van der Waals surface area (Å²) < 4.78 is 33.7. The van der Waals surface area contributed by atoms with Gasteiger partial charge in [-0.3, -0.25) is 9.69 Å². The summed E-state index contributed by atoms with van der Waals surface area (Å²) in [6.07, 6.45) is 0.974. The van der Waals surface area contributed by atoms with Crippen molar-refractivity contribution in [2.24, 2.45) is 5.92 Å². The van der Waals surface area contributed by atoms with Crippen molar-refractivity contribution in [1.29, 1.82) is 0 Å². The molecule has 0 radical (unpaired) electrons. The average molecular weight is 397 g/mol. The number of carbonyl (C=O) groups is 1. The van der Waals surface area contributed by atoms with E-state index in [0.29, 0.717) is 31.7 Å². The first-order valence-electron chi connectivity index (χ1n) is 9.31. The van der Waals surface area contributed by atoms with Crippen LogP contribution in [0.4, 0.5) is 0 Å². The Labute approximate surface area is 161 Å². The number of piperazine rings is 1. The lowest BCUT2D eigenvalue weighted by Crippen LogP contribution is -2.48. The zero-order valence-corrected chi connectivity index (χ0v) is 16.8. The van der Waals surface area contributed by atoms with Crippen LogP contribution in [-0.4, -0.2) is 76.0 Å². The predicted octanol–water partition coefficient (Wildman–Crippen LogP) is 1.17. The van der Waals surface area contributed by atoms with E-state index in [4.69, 9.17) is 9.47 Å². The van der Waals surface area contributed by atoms with Gasteiger partial charge in [0.2, 0.25) is 5.91 Å². The number of hydrogen-bond donors (Lipinski definition) is 0. The van der Waals surface area contributed by atoms with Crippen LogP contribution in [0.2, 0.25) is 0 Å². The van der Waals surface area contributed by atoms with Crippen LogP contribution in [0.15, 0.2) is 18.2 Å². The maximum atomic E-state index is 12.5. The van der Waals surface area contributed by atoms with Crippen LogP contribution in [0, 0.1) is 5.92 Å². The molecule has 2 saturated heterocycles. The third-order valence-corrected chi connectivity index (χ3v) is 7.21. The summed E-state index contributed by atoms with van der Waals surface area (Å²) in [6, 6.07) is 5.92. The van der Waals surface area contributed by atoms with Gasteiger partial charge < -0.3 is 14.4 Å². The van der Waals surface area contributed by atoms with Crippen molar-refractivity contribution in [3.8, 4) is 11.5 Å². The van der Waals surface area contributed by atoms with E-state index in [1.54, 1.807) is 14.2 Å². The second kappa shape index (κ2) is 8.48. The van der Waals surface area contributed by atoms with Crippen LogP contribution >= 0.6 is 0 Å². The number of benzene rings is 1. The van der Waals surface area contributed by atoms with Gasteiger partial charge in [-0.15, -0.1) is 0 Å². The number of rotatable bonds is 6. The fourth-order valence-corrected chi connectivity index (χ4v) is 5.66. The van der Waals surface area contributed by atoms with Crippen molar-refractivity contribution in [2.45, 2.75) is 19.4 Å². The molecular formula is C19H28N2O5S. The molecular weight excluding hydrogens is 368 g/mol. The molecule has 1 aromatic carbocycles. The van der Waals surface area contributed by atoms with E-state index in [2.05, 4.69) is 4.90 Å². The molecule has 2 heterocycles. The minimum Gasteiger partial charge on any atom is -0.493 e. The number of carbonyl (C=O) groups excluding carboxylic acids is 1. The molecule has 1 amide bonds. The van der Waals surface area contributed by atoms with Crippen molar-refractivity contribution >= 4 is 15.7 Å². The Balaban J connectivity index is 1.48. The highest BCUT2D eigenvalue weighted by Gasteiger charge is 2.31. The zero-order valence-electron chi connectivity index (χ0n) is 16.0. The standard InChI is InChI=1S/C19H28N2O5S/c1-25-17-4-3-15(11-18(17)26-2)13-20-6-8-21(9-7-20)19(22)12-16-5-10-27(23,24)14-16/h3-4,11,16H,5-10,12-14H2,1-2H3/t16-/m0/s1. The second-order valence-electron chi connectivity index (χ2n) is 7.32. The van der Waals surface area contributed by atoms with Crippen molar-refractivity contribution in [2.75, 3.05) is 51.9 Å². The monoisotopic (exact) mass is 396 g/mol. The maximum Gasteiger partial charge on any atom is 0.222 e. The van der Waals surface area contributed by atoms with Crippen LogP contribution in [0.25, 0.3) is 0 Å². The Morgan fingerprint density at radius 1 is 1.11 bits per heavy atom. The van der Waals surface area contributed by atoms with Gasteiger partial charge in [0.15, 0.2) is 21.3 Å². The summed E-state index contributed by atoms with van der Waals surface area (Å²) in [7, 11) is 0.322. The third-order valence-electron chi connectivity index (χ3n) is 5.37. The fourth-order valence-electron chi connectivity index (χ4n) is 3.80. The molecule has 7 nitrogen and oxygen atoms in total. The molecule has 150 valence electrons. The van der Waals surface area contributed by atoms with Crippen molar-refractivity contribution in [3.05, 3.63) is 23.8 Å². The predicted molar refractivity (Wildman–Crippen MR) is 103 cm³/mol. The molecule has 0 bridgehead atoms. The summed E-state index contributed by atoms with van der Waals surface area (Å²) in [6.45, 7) is 3.78. The topological polar surface area (TPSA) is 76.2 Å². The van der Waals surface area contributed by atoms with Crippen LogP contribution in [0.1, 0.15) is 18.4 Å². The van der Waals surface area contributed by atoms with Crippen LogP contribution in [0.5, 0.6) is 11.5 Å². The molecule has 0 unspecified atom stereocenters. The number of ether oxygens (including phenoxy) is 2. The van der Waals surface area contributed by atoms with Gasteiger partial charge in [-0.2, -0.15) is 0 Å². The average Bonchev–Trinajstić information content (AvgIpc) is 3.00. The summed E-state index contributed by atoms with van der Waals surface area (Å²) in [5.74, 6) is 1.90. The lowest BCUT2D eigenvalue weighted by molar-refractivity contribution is -0.133. The highest BCUT2D eigenvalue weighted by Crippen LogP contribution is 2.28. The summed E-state index contributed by atoms with van der Waals surface area (Å²) in [5.41, 5.74) is 1.14. The fraction of sp³-hybridized carbons (Fsp3) is 0.632. The Morgan fingerprint density at radius 3 is 2.41 bits per heavy atom. The number of nitrogens with zero attached hydrogens (tertiary/aromatic N) is 2. The molecule has 2 aliphatic rings.